The number of carboxylic acid groups (broad SMARTS) is 2. The fraction of sp³-hybridized carbons (Fsp3) is 0.854. The molecule has 0 aliphatic rings. The molecule has 0 fully saturated rings. The van der Waals surface area contributed by atoms with Crippen LogP contribution < -0.4 is 26.6 Å². The Bertz CT molecular complexity index is 1130. The van der Waals surface area contributed by atoms with E-state index in [1.54, 1.807) is 7.05 Å². The molecule has 0 radical (unpaired) electrons. The number of likely N-dealkylation sites (N-methyl/N-ethyl adjacent to an activating group) is 1. The number of carboxylic acids is 2. The number of hydrogen-bond donors (Lipinski definition) is 7. The number of rotatable bonds is 37. The van der Waals surface area contributed by atoms with Crippen LogP contribution in [-0.2, 0) is 38.2 Å². The lowest BCUT2D eigenvalue weighted by Gasteiger charge is -2.33. The molecule has 0 saturated carbocycles. The predicted octanol–water partition coefficient (Wildman–Crippen LogP) is 4.99. The summed E-state index contributed by atoms with van der Waals surface area (Å²) in [6, 6.07) is -1.71. The molecule has 0 aromatic carbocycles. The quantitative estimate of drug-likeness (QED) is 0.0327. The van der Waals surface area contributed by atoms with Crippen molar-refractivity contribution in [3.05, 3.63) is 0 Å². The number of aliphatic carboxylic acids is 2. The molecule has 2 atom stereocenters. The van der Waals surface area contributed by atoms with Gasteiger partial charge in [-0.05, 0) is 73.3 Å². The highest BCUT2D eigenvalue weighted by Crippen LogP contribution is 2.16. The Morgan fingerprint density at radius 2 is 1.16 bits per heavy atom. The second kappa shape index (κ2) is 31.7. The molecular formula is C41H77N5O10. The summed E-state index contributed by atoms with van der Waals surface area (Å²) in [5.41, 5.74) is -1.23. The van der Waals surface area contributed by atoms with Crippen molar-refractivity contribution in [3.8, 4) is 0 Å². The first-order valence-corrected chi connectivity index (χ1v) is 20.9. The van der Waals surface area contributed by atoms with Gasteiger partial charge in [-0.15, -0.1) is 0 Å². The van der Waals surface area contributed by atoms with Crippen molar-refractivity contribution in [2.45, 2.75) is 186 Å². The fourth-order valence-electron chi connectivity index (χ4n) is 6.13. The number of carbonyl (C=O) groups is 6. The molecule has 0 aromatic heterocycles. The molecule has 1 unspecified atom stereocenters. The zero-order valence-electron chi connectivity index (χ0n) is 35.5. The van der Waals surface area contributed by atoms with Crippen molar-refractivity contribution in [3.63, 3.8) is 0 Å². The lowest BCUT2D eigenvalue weighted by Crippen LogP contribution is -2.52. The number of ether oxygens (including phenoxy) is 2. The van der Waals surface area contributed by atoms with E-state index >= 15 is 0 Å². The smallest absolute Gasteiger partial charge is 0.326 e. The van der Waals surface area contributed by atoms with Gasteiger partial charge in [-0.1, -0.05) is 77.0 Å². The molecule has 326 valence electrons. The lowest BCUT2D eigenvalue weighted by atomic mass is 10.0. The summed E-state index contributed by atoms with van der Waals surface area (Å²) in [4.78, 5) is 71.5. The topological polar surface area (TPSA) is 221 Å². The molecule has 0 heterocycles. The van der Waals surface area contributed by atoms with E-state index < -0.39 is 41.1 Å². The molecule has 0 aliphatic carbocycles. The number of carbonyl (C=O) groups excluding carboxylic acids is 4. The van der Waals surface area contributed by atoms with Crippen LogP contribution in [0.2, 0.25) is 0 Å². The number of amides is 3. The molecule has 3 amide bonds. The van der Waals surface area contributed by atoms with Gasteiger partial charge in [0.25, 0.3) is 0 Å². The Balaban J connectivity index is 4.19. The lowest BCUT2D eigenvalue weighted by molar-refractivity contribution is -0.144. The molecular weight excluding hydrogens is 722 g/mol. The maximum atomic E-state index is 12.4. The minimum Gasteiger partial charge on any atom is -0.481 e. The predicted molar refractivity (Wildman–Crippen MR) is 217 cm³/mol. The standard InChI is InChI=1S/C41H77N5O10/c1-40(2,46-36(49)29-42-5)31-56-41(3,4)30-44-33(39(54)55-6)23-21-22-28-43-34(47)27-26-32(38(52)53)45-35(48)24-19-17-15-13-11-9-7-8-10-12-14-16-18-20-25-37(50)51/h32-33,42,44H,7-31H2,1-6H3,(H,43,47)(H,45,48)(H,46,49)(H,50,51)(H,52,53)/t32?,33-/m0/s1. The minimum atomic E-state index is -1.17. The van der Waals surface area contributed by atoms with E-state index in [4.69, 9.17) is 14.6 Å². The zero-order valence-corrected chi connectivity index (χ0v) is 35.5. The minimum absolute atomic E-state index is 0.00854. The van der Waals surface area contributed by atoms with Crippen LogP contribution in [0.15, 0.2) is 0 Å². The molecule has 7 N–H and O–H groups in total. The Labute approximate surface area is 336 Å². The van der Waals surface area contributed by atoms with E-state index in [2.05, 4.69) is 26.6 Å². The van der Waals surface area contributed by atoms with Gasteiger partial charge in [0.2, 0.25) is 17.7 Å². The molecule has 15 heteroatoms. The second-order valence-corrected chi connectivity index (χ2v) is 16.2. The molecule has 0 aliphatic heterocycles. The van der Waals surface area contributed by atoms with Gasteiger partial charge in [-0.25, -0.2) is 4.79 Å². The largest absolute Gasteiger partial charge is 0.481 e. The van der Waals surface area contributed by atoms with Crippen molar-refractivity contribution in [1.29, 1.82) is 0 Å². The highest BCUT2D eigenvalue weighted by atomic mass is 16.5. The van der Waals surface area contributed by atoms with Gasteiger partial charge in [0.15, 0.2) is 0 Å². The van der Waals surface area contributed by atoms with Crippen molar-refractivity contribution in [2.75, 3.05) is 40.4 Å². The van der Waals surface area contributed by atoms with Crippen molar-refractivity contribution < 1.29 is 48.5 Å². The number of methoxy groups -OCH3 is 1. The van der Waals surface area contributed by atoms with E-state index in [1.165, 1.54) is 52.1 Å². The summed E-state index contributed by atoms with van der Waals surface area (Å²) in [7, 11) is 3.03. The number of esters is 1. The average Bonchev–Trinajstić information content (AvgIpc) is 3.12. The van der Waals surface area contributed by atoms with Gasteiger partial charge in [0, 0.05) is 32.4 Å². The van der Waals surface area contributed by atoms with E-state index in [-0.39, 0.29) is 56.6 Å². The molecule has 0 spiro atoms. The second-order valence-electron chi connectivity index (χ2n) is 16.2. The molecule has 0 rings (SSSR count). The van der Waals surface area contributed by atoms with Crippen molar-refractivity contribution >= 4 is 35.6 Å². The molecule has 0 bridgehead atoms. The summed E-state index contributed by atoms with van der Waals surface area (Å²) in [5, 5.41) is 32.6. The van der Waals surface area contributed by atoms with Crippen LogP contribution in [0.1, 0.15) is 163 Å². The molecule has 15 nitrogen and oxygen atoms in total. The first-order valence-electron chi connectivity index (χ1n) is 20.9. The Morgan fingerprint density at radius 1 is 0.625 bits per heavy atom. The van der Waals surface area contributed by atoms with Gasteiger partial charge in [0.05, 0.1) is 31.4 Å². The average molecular weight is 800 g/mol. The number of nitrogens with one attached hydrogen (secondary N) is 5. The Kier molecular flexibility index (Phi) is 29.9. The van der Waals surface area contributed by atoms with E-state index in [9.17, 15) is 33.9 Å². The van der Waals surface area contributed by atoms with Crippen LogP contribution in [0, 0.1) is 0 Å². The van der Waals surface area contributed by atoms with Gasteiger partial charge in [-0.2, -0.15) is 0 Å². The Hall–Kier alpha value is -3.30. The van der Waals surface area contributed by atoms with Gasteiger partial charge < -0.3 is 46.3 Å². The maximum Gasteiger partial charge on any atom is 0.326 e. The van der Waals surface area contributed by atoms with E-state index in [1.807, 2.05) is 27.7 Å². The first-order chi connectivity index (χ1) is 26.5. The third-order valence-corrected chi connectivity index (χ3v) is 9.48. The summed E-state index contributed by atoms with van der Waals surface area (Å²) in [6.07, 6.45) is 17.3. The maximum absolute atomic E-state index is 12.4. The van der Waals surface area contributed by atoms with Crippen LogP contribution in [0.3, 0.4) is 0 Å². The van der Waals surface area contributed by atoms with Gasteiger partial charge in [0.1, 0.15) is 12.1 Å². The zero-order chi connectivity index (χ0) is 42.2. The van der Waals surface area contributed by atoms with Crippen LogP contribution in [0.4, 0.5) is 0 Å². The summed E-state index contributed by atoms with van der Waals surface area (Å²) < 4.78 is 11.0. The van der Waals surface area contributed by atoms with Crippen molar-refractivity contribution in [2.24, 2.45) is 0 Å². The van der Waals surface area contributed by atoms with Crippen LogP contribution in [0.5, 0.6) is 0 Å². The normalized spacial score (nSPS) is 12.8. The van der Waals surface area contributed by atoms with Gasteiger partial charge >= 0.3 is 17.9 Å². The molecule has 0 aromatic rings. The Morgan fingerprint density at radius 3 is 1.66 bits per heavy atom. The van der Waals surface area contributed by atoms with Crippen LogP contribution in [-0.4, -0.2) is 109 Å². The van der Waals surface area contributed by atoms with E-state index in [0.717, 1.165) is 38.5 Å². The highest BCUT2D eigenvalue weighted by molar-refractivity contribution is 5.84. The molecule has 0 saturated heterocycles. The summed E-state index contributed by atoms with van der Waals surface area (Å²) >= 11 is 0. The first kappa shape index (κ1) is 52.7. The molecule has 56 heavy (non-hydrogen) atoms. The van der Waals surface area contributed by atoms with Crippen LogP contribution in [0.25, 0.3) is 0 Å². The summed E-state index contributed by atoms with van der Waals surface area (Å²) in [6.45, 7) is 8.72. The van der Waals surface area contributed by atoms with Crippen LogP contribution >= 0.6 is 0 Å². The highest BCUT2D eigenvalue weighted by Gasteiger charge is 2.28. The van der Waals surface area contributed by atoms with Gasteiger partial charge in [-0.3, -0.25) is 24.0 Å². The number of unbranched alkanes of at least 4 members (excludes halogenated alkanes) is 14. The fourth-order valence-corrected chi connectivity index (χ4v) is 6.13. The third kappa shape index (κ3) is 30.9. The third-order valence-electron chi connectivity index (χ3n) is 9.48. The van der Waals surface area contributed by atoms with E-state index in [0.29, 0.717) is 38.8 Å². The monoisotopic (exact) mass is 800 g/mol. The SMILES string of the molecule is CNCC(=O)NC(C)(C)COC(C)(C)CN[C@@H](CCCCNC(=O)CCC(NC(=O)CCCCCCCCCCCCCCCCC(=O)O)C(=O)O)C(=O)OC. The van der Waals surface area contributed by atoms with Crippen molar-refractivity contribution in [1.82, 2.24) is 26.6 Å². The summed E-state index contributed by atoms with van der Waals surface area (Å²) in [5.74, 6) is -3.04. The number of hydrogen-bond acceptors (Lipinski definition) is 10.